The van der Waals surface area contributed by atoms with Crippen molar-refractivity contribution in [1.82, 2.24) is 20.4 Å². The van der Waals surface area contributed by atoms with Crippen LogP contribution >= 0.6 is 0 Å². The van der Waals surface area contributed by atoms with Gasteiger partial charge in [0.05, 0.1) is 18.5 Å². The molecule has 1 aliphatic heterocycles. The highest BCUT2D eigenvalue weighted by Crippen LogP contribution is 2.38. The number of nitrogens with one attached hydrogen (secondary N) is 2. The minimum Gasteiger partial charge on any atom is -0.497 e. The van der Waals surface area contributed by atoms with Crippen LogP contribution in [0.15, 0.2) is 158 Å². The average molecular weight is 875 g/mol. The van der Waals surface area contributed by atoms with E-state index in [0.29, 0.717) is 92.3 Å². The lowest BCUT2D eigenvalue weighted by atomic mass is 10.0. The van der Waals surface area contributed by atoms with Gasteiger partial charge in [0, 0.05) is 75.1 Å². The molecule has 13 nitrogen and oxygen atoms in total. The minimum absolute atomic E-state index is 0.197. The normalized spacial score (nSPS) is 12.8. The molecule has 65 heavy (non-hydrogen) atoms. The smallest absolute Gasteiger partial charge is 0.434 e. The number of rotatable bonds is 16. The third kappa shape index (κ3) is 11.8. The van der Waals surface area contributed by atoms with Crippen LogP contribution in [0.25, 0.3) is 22.3 Å². The van der Waals surface area contributed by atoms with Gasteiger partial charge in [0.15, 0.2) is 0 Å². The maximum atomic E-state index is 14.6. The number of methoxy groups -OCH3 is 1. The molecule has 0 unspecified atom stereocenters. The number of likely N-dealkylation sites (N-methyl/N-ethyl adjacent to an activating group) is 1. The van der Waals surface area contributed by atoms with Gasteiger partial charge in [0.1, 0.15) is 11.9 Å². The van der Waals surface area contributed by atoms with Crippen molar-refractivity contribution in [1.29, 1.82) is 0 Å². The van der Waals surface area contributed by atoms with E-state index in [1.165, 1.54) is 0 Å². The summed E-state index contributed by atoms with van der Waals surface area (Å²) in [5.74, 6) is 0.346. The van der Waals surface area contributed by atoms with Crippen molar-refractivity contribution in [2.45, 2.75) is 25.5 Å². The van der Waals surface area contributed by atoms with Gasteiger partial charge in [-0.25, -0.2) is 9.59 Å². The van der Waals surface area contributed by atoms with Gasteiger partial charge in [0.2, 0.25) is 0 Å². The van der Waals surface area contributed by atoms with Crippen LogP contribution in [0.3, 0.4) is 0 Å². The van der Waals surface area contributed by atoms with Crippen molar-refractivity contribution in [3.8, 4) is 28.0 Å². The van der Waals surface area contributed by atoms with Crippen molar-refractivity contribution in [2.75, 3.05) is 63.4 Å². The molecule has 0 spiro atoms. The number of carbonyl (C=O) groups is 4. The zero-order valence-corrected chi connectivity index (χ0v) is 36.6. The fourth-order valence-electron chi connectivity index (χ4n) is 7.82. The number of benzene rings is 6. The second kappa shape index (κ2) is 22.2. The van der Waals surface area contributed by atoms with Crippen molar-refractivity contribution < 1.29 is 33.8 Å². The number of hydrogen-bond donors (Lipinski definition) is 3. The molecular formula is C52H54N6O7. The second-order valence-corrected chi connectivity index (χ2v) is 15.7. The van der Waals surface area contributed by atoms with Gasteiger partial charge < -0.3 is 35.0 Å². The average Bonchev–Trinajstić information content (AvgIpc) is 3.35. The van der Waals surface area contributed by atoms with Gasteiger partial charge in [-0.3, -0.25) is 9.59 Å². The highest BCUT2D eigenvalue weighted by molar-refractivity contribution is 6.06. The Morgan fingerprint density at radius 3 is 1.85 bits per heavy atom. The Kier molecular flexibility index (Phi) is 15.6. The molecule has 0 saturated carbocycles. The zero-order valence-electron chi connectivity index (χ0n) is 36.6. The Balaban J connectivity index is 0.959. The molecule has 7 rings (SSSR count). The van der Waals surface area contributed by atoms with Crippen LogP contribution in [0.5, 0.6) is 5.75 Å². The van der Waals surface area contributed by atoms with Crippen molar-refractivity contribution in [3.63, 3.8) is 0 Å². The van der Waals surface area contributed by atoms with Gasteiger partial charge in [-0.2, -0.15) is 10.0 Å². The van der Waals surface area contributed by atoms with Crippen molar-refractivity contribution in [2.24, 2.45) is 0 Å². The molecule has 6 aromatic carbocycles. The molecule has 13 heteroatoms. The number of likely N-dealkylation sites (tertiary alicyclic amines) is 1. The third-order valence-corrected chi connectivity index (χ3v) is 11.3. The number of carbonyl (C=O) groups excluding carboxylic acids is 3. The maximum Gasteiger partial charge on any atom is 0.434 e. The van der Waals surface area contributed by atoms with Gasteiger partial charge in [-0.15, -0.1) is 0 Å². The van der Waals surface area contributed by atoms with E-state index in [2.05, 4.69) is 15.5 Å². The molecule has 1 aliphatic rings. The minimum atomic E-state index is -1.36. The first-order valence-corrected chi connectivity index (χ1v) is 21.7. The number of hydrogen-bond acceptors (Lipinski definition) is 8. The predicted molar refractivity (Wildman–Crippen MR) is 253 cm³/mol. The third-order valence-electron chi connectivity index (χ3n) is 11.3. The monoisotopic (exact) mass is 874 g/mol. The molecule has 1 heterocycles. The van der Waals surface area contributed by atoms with Crippen LogP contribution in [0.2, 0.25) is 0 Å². The lowest BCUT2D eigenvalue weighted by Gasteiger charge is -2.37. The molecule has 0 aromatic heterocycles. The van der Waals surface area contributed by atoms with E-state index in [-0.39, 0.29) is 11.8 Å². The van der Waals surface area contributed by atoms with Gasteiger partial charge in [-0.05, 0) is 72.0 Å². The number of hydrazine groups is 1. The summed E-state index contributed by atoms with van der Waals surface area (Å²) in [7, 11) is 3.37. The predicted octanol–water partition coefficient (Wildman–Crippen LogP) is 8.83. The fraction of sp³-hybridized carbons (Fsp3) is 0.231. The maximum absolute atomic E-state index is 14.6. The van der Waals surface area contributed by atoms with Crippen LogP contribution in [-0.4, -0.2) is 98.4 Å². The number of carboxylic acid groups (broad SMARTS) is 1. The molecule has 334 valence electrons. The van der Waals surface area contributed by atoms with E-state index in [9.17, 15) is 24.3 Å². The quantitative estimate of drug-likeness (QED) is 0.0642. The molecule has 6 aromatic rings. The van der Waals surface area contributed by atoms with E-state index in [4.69, 9.17) is 9.47 Å². The number of anilines is 2. The zero-order chi connectivity index (χ0) is 45.5. The van der Waals surface area contributed by atoms with Crippen LogP contribution < -0.4 is 25.4 Å². The van der Waals surface area contributed by atoms with E-state index in [0.717, 1.165) is 32.5 Å². The molecule has 1 saturated heterocycles. The number of nitrogens with zero attached hydrogens (tertiary/aromatic N) is 4. The van der Waals surface area contributed by atoms with E-state index < -0.39 is 18.3 Å². The van der Waals surface area contributed by atoms with Crippen LogP contribution in [-0.2, 0) is 11.3 Å². The Labute approximate surface area is 379 Å². The molecule has 0 radical (unpaired) electrons. The highest BCUT2D eigenvalue weighted by atomic mass is 16.6. The summed E-state index contributed by atoms with van der Waals surface area (Å²) in [6, 6.07) is 47.7. The summed E-state index contributed by atoms with van der Waals surface area (Å²) in [6.07, 6.45) is -1.64. The topological polar surface area (TPSA) is 144 Å². The standard InChI is InChI=1S/C52H54N6O7/c1-55(50(60)42-19-13-18-41(36-42)49(59)54-31-30-53-37-38-24-26-43(64-2)27-25-38)34-35-56-32-28-44(29-33-56)65-52(63)58(48-23-12-10-21-46(48)40-16-7-4-8-17-40)57(51(61)62)47-22-11-9-20-45(47)39-14-5-3-6-15-39/h3-27,36,44,53H,28-35,37H2,1-2H3,(H,54,59)(H,61,62). The number of para-hydroxylation sites is 2. The molecule has 0 bridgehead atoms. The first kappa shape index (κ1) is 45.5. The Morgan fingerprint density at radius 1 is 0.677 bits per heavy atom. The second-order valence-electron chi connectivity index (χ2n) is 15.7. The highest BCUT2D eigenvalue weighted by Gasteiger charge is 2.36. The number of piperidine rings is 1. The SMILES string of the molecule is COc1ccc(CNCCNC(=O)c2cccc(C(=O)N(C)CCN3CCC(OC(=O)N(c4ccccc4-c4ccccc4)N(C(=O)O)c4ccccc4-c4ccccc4)CC3)c2)cc1. The number of ether oxygens (including phenoxy) is 2. The molecular weight excluding hydrogens is 821 g/mol. The van der Waals surface area contributed by atoms with Gasteiger partial charge >= 0.3 is 12.2 Å². The van der Waals surface area contributed by atoms with Gasteiger partial charge in [0.25, 0.3) is 11.8 Å². The molecule has 0 atom stereocenters. The lowest BCUT2D eigenvalue weighted by molar-refractivity contribution is 0.0503. The Hall–Kier alpha value is -7.48. The van der Waals surface area contributed by atoms with E-state index in [1.807, 2.05) is 109 Å². The summed E-state index contributed by atoms with van der Waals surface area (Å²) in [6.45, 7) is 3.89. The van der Waals surface area contributed by atoms with Crippen LogP contribution in [0.1, 0.15) is 39.1 Å². The molecule has 4 amide bonds. The lowest BCUT2D eigenvalue weighted by Crippen LogP contribution is -2.52. The largest absolute Gasteiger partial charge is 0.497 e. The van der Waals surface area contributed by atoms with Crippen molar-refractivity contribution in [3.05, 3.63) is 174 Å². The van der Waals surface area contributed by atoms with E-state index in [1.54, 1.807) is 67.6 Å². The van der Waals surface area contributed by atoms with Crippen LogP contribution in [0.4, 0.5) is 21.0 Å². The number of amides is 4. The first-order valence-electron chi connectivity index (χ1n) is 21.7. The summed E-state index contributed by atoms with van der Waals surface area (Å²) in [5, 5.41) is 19.3. The summed E-state index contributed by atoms with van der Waals surface area (Å²) < 4.78 is 11.4. The van der Waals surface area contributed by atoms with Crippen LogP contribution in [0, 0.1) is 0 Å². The molecule has 1 fully saturated rings. The van der Waals surface area contributed by atoms with Gasteiger partial charge in [-0.1, -0.05) is 115 Å². The fourth-order valence-corrected chi connectivity index (χ4v) is 7.82. The summed E-state index contributed by atoms with van der Waals surface area (Å²) in [5.41, 5.74) is 5.45. The molecule has 3 N–H and O–H groups in total. The Morgan fingerprint density at radius 2 is 1.25 bits per heavy atom. The Bertz CT molecular complexity index is 2530. The molecule has 0 aliphatic carbocycles. The van der Waals surface area contributed by atoms with Crippen molar-refractivity contribution >= 4 is 35.4 Å². The summed E-state index contributed by atoms with van der Waals surface area (Å²) in [4.78, 5) is 58.3. The summed E-state index contributed by atoms with van der Waals surface area (Å²) >= 11 is 0. The van der Waals surface area contributed by atoms with E-state index >= 15 is 0 Å². The first-order chi connectivity index (χ1) is 31.7.